The van der Waals surface area contributed by atoms with Gasteiger partial charge >= 0.3 is 0 Å². The number of guanidine groups is 1. The summed E-state index contributed by atoms with van der Waals surface area (Å²) in [7, 11) is 0. The van der Waals surface area contributed by atoms with Crippen LogP contribution in [0.4, 0.5) is 0 Å². The smallest absolute Gasteiger partial charge is 0.222 e. The van der Waals surface area contributed by atoms with Crippen LogP contribution in [0, 0.1) is 5.92 Å². The van der Waals surface area contributed by atoms with Gasteiger partial charge in [-0.3, -0.25) is 9.79 Å². The molecule has 0 bridgehead atoms. The summed E-state index contributed by atoms with van der Waals surface area (Å²) in [5, 5.41) is 11.7. The molecular weight excluding hydrogens is 352 g/mol. The fraction of sp³-hybridized carbons (Fsp3) is 0.455. The van der Waals surface area contributed by atoms with Gasteiger partial charge in [0.15, 0.2) is 5.96 Å². The van der Waals surface area contributed by atoms with Crippen molar-refractivity contribution in [2.24, 2.45) is 10.9 Å². The van der Waals surface area contributed by atoms with Crippen LogP contribution in [0.5, 0.6) is 5.75 Å². The average molecular weight is 385 g/mol. The topological polar surface area (TPSA) is 74.8 Å². The molecule has 2 aromatic carbocycles. The molecule has 0 saturated carbocycles. The predicted molar refractivity (Wildman–Crippen MR) is 116 cm³/mol. The van der Waals surface area contributed by atoms with E-state index in [1.807, 2.05) is 39.0 Å². The van der Waals surface area contributed by atoms with Crippen LogP contribution in [0.25, 0.3) is 10.8 Å². The lowest BCUT2D eigenvalue weighted by Gasteiger charge is -2.12. The van der Waals surface area contributed by atoms with Crippen molar-refractivity contribution in [3.8, 4) is 5.75 Å². The first-order valence-corrected chi connectivity index (χ1v) is 10.0. The first-order chi connectivity index (χ1) is 13.6. The summed E-state index contributed by atoms with van der Waals surface area (Å²) >= 11 is 0. The molecule has 3 N–H and O–H groups in total. The lowest BCUT2D eigenvalue weighted by Crippen LogP contribution is -2.42. The van der Waals surface area contributed by atoms with E-state index in [4.69, 9.17) is 4.74 Å². The van der Waals surface area contributed by atoms with Crippen molar-refractivity contribution in [1.29, 1.82) is 0 Å². The lowest BCUT2D eigenvalue weighted by molar-refractivity contribution is -0.123. The Morgan fingerprint density at radius 1 is 1.04 bits per heavy atom. The molecule has 0 aromatic heterocycles. The first kappa shape index (κ1) is 21.5. The molecular formula is C22H32N4O2. The number of benzene rings is 2. The Balaban J connectivity index is 1.69. The number of carbonyl (C=O) groups excluding carboxylic acids is 1. The SMILES string of the molecule is CCNC(=NCCCOc1ccc2ccccc2c1)NCCNC(=O)C(C)C. The quantitative estimate of drug-likeness (QED) is 0.334. The predicted octanol–water partition coefficient (Wildman–Crippen LogP) is 2.94. The molecule has 2 aromatic rings. The van der Waals surface area contributed by atoms with E-state index in [-0.39, 0.29) is 11.8 Å². The van der Waals surface area contributed by atoms with Gasteiger partial charge in [-0.15, -0.1) is 0 Å². The summed E-state index contributed by atoms with van der Waals surface area (Å²) in [6.07, 6.45) is 0.827. The monoisotopic (exact) mass is 384 g/mol. The minimum atomic E-state index is 0.00417. The highest BCUT2D eigenvalue weighted by molar-refractivity contribution is 5.83. The molecule has 0 radical (unpaired) electrons. The summed E-state index contributed by atoms with van der Waals surface area (Å²) in [6.45, 7) is 9.08. The number of hydrogen-bond acceptors (Lipinski definition) is 3. The number of amides is 1. The van der Waals surface area contributed by atoms with Crippen LogP contribution in [0.2, 0.25) is 0 Å². The zero-order valence-corrected chi connectivity index (χ0v) is 17.1. The molecule has 0 spiro atoms. The van der Waals surface area contributed by atoms with Gasteiger partial charge in [0.25, 0.3) is 0 Å². The third-order valence-corrected chi connectivity index (χ3v) is 4.15. The molecule has 1 amide bonds. The molecule has 0 unspecified atom stereocenters. The van der Waals surface area contributed by atoms with Crippen molar-refractivity contribution >= 4 is 22.6 Å². The van der Waals surface area contributed by atoms with Crippen LogP contribution >= 0.6 is 0 Å². The molecule has 152 valence electrons. The summed E-state index contributed by atoms with van der Waals surface area (Å²) < 4.78 is 5.85. The van der Waals surface area contributed by atoms with E-state index in [0.29, 0.717) is 26.2 Å². The van der Waals surface area contributed by atoms with Gasteiger partial charge in [-0.05, 0) is 29.8 Å². The number of nitrogens with one attached hydrogen (secondary N) is 3. The third-order valence-electron chi connectivity index (χ3n) is 4.15. The van der Waals surface area contributed by atoms with Crippen molar-refractivity contribution < 1.29 is 9.53 Å². The van der Waals surface area contributed by atoms with Crippen LogP contribution in [0.3, 0.4) is 0 Å². The van der Waals surface area contributed by atoms with Gasteiger partial charge in [0, 0.05) is 38.5 Å². The molecule has 6 nitrogen and oxygen atoms in total. The molecule has 28 heavy (non-hydrogen) atoms. The minimum Gasteiger partial charge on any atom is -0.494 e. The Morgan fingerprint density at radius 3 is 2.54 bits per heavy atom. The largest absolute Gasteiger partial charge is 0.494 e. The molecule has 0 aliphatic carbocycles. The number of nitrogens with zero attached hydrogens (tertiary/aromatic N) is 1. The van der Waals surface area contributed by atoms with Gasteiger partial charge in [-0.1, -0.05) is 44.2 Å². The van der Waals surface area contributed by atoms with Crippen molar-refractivity contribution in [2.45, 2.75) is 27.2 Å². The summed E-state index contributed by atoms with van der Waals surface area (Å²) in [6, 6.07) is 14.4. The van der Waals surface area contributed by atoms with Crippen molar-refractivity contribution in [3.63, 3.8) is 0 Å². The summed E-state index contributed by atoms with van der Waals surface area (Å²) in [5.41, 5.74) is 0. The van der Waals surface area contributed by atoms with Crippen LogP contribution < -0.4 is 20.7 Å². The average Bonchev–Trinajstić information content (AvgIpc) is 2.70. The van der Waals surface area contributed by atoms with E-state index >= 15 is 0 Å². The molecule has 0 heterocycles. The van der Waals surface area contributed by atoms with Gasteiger partial charge < -0.3 is 20.7 Å². The Hall–Kier alpha value is -2.76. The molecule has 2 rings (SSSR count). The second-order valence-corrected chi connectivity index (χ2v) is 6.84. The summed E-state index contributed by atoms with van der Waals surface area (Å²) in [5.74, 6) is 1.71. The van der Waals surface area contributed by atoms with Crippen LogP contribution in [0.15, 0.2) is 47.5 Å². The third kappa shape index (κ3) is 7.47. The van der Waals surface area contributed by atoms with Crippen LogP contribution in [0.1, 0.15) is 27.2 Å². The normalized spacial score (nSPS) is 11.5. The van der Waals surface area contributed by atoms with Gasteiger partial charge in [0.1, 0.15) is 5.75 Å². The lowest BCUT2D eigenvalue weighted by atomic mass is 10.1. The van der Waals surface area contributed by atoms with Crippen LogP contribution in [-0.4, -0.2) is 44.7 Å². The van der Waals surface area contributed by atoms with E-state index < -0.39 is 0 Å². The standard InChI is InChI=1S/C22H32N4O2/c1-4-23-22(26-14-13-24-21(27)17(2)3)25-12-7-15-28-20-11-10-18-8-5-6-9-19(18)16-20/h5-6,8-11,16-17H,4,7,12-15H2,1-3H3,(H,24,27)(H2,23,25,26). The maximum Gasteiger partial charge on any atom is 0.222 e. The summed E-state index contributed by atoms with van der Waals surface area (Å²) in [4.78, 5) is 16.1. The first-order valence-electron chi connectivity index (χ1n) is 10.0. The molecule has 0 aliphatic heterocycles. The Kier molecular flexibility index (Phi) is 9.11. The molecule has 6 heteroatoms. The molecule has 0 aliphatic rings. The fourth-order valence-electron chi connectivity index (χ4n) is 2.62. The number of aliphatic imine (C=N–C) groups is 1. The second kappa shape index (κ2) is 11.8. The second-order valence-electron chi connectivity index (χ2n) is 6.84. The van der Waals surface area contributed by atoms with Gasteiger partial charge in [-0.2, -0.15) is 0 Å². The minimum absolute atomic E-state index is 0.00417. The molecule has 0 atom stereocenters. The number of ether oxygens (including phenoxy) is 1. The Bertz CT molecular complexity index is 774. The van der Waals surface area contributed by atoms with Crippen LogP contribution in [-0.2, 0) is 4.79 Å². The van der Waals surface area contributed by atoms with Crippen molar-refractivity contribution in [2.75, 3.05) is 32.8 Å². The van der Waals surface area contributed by atoms with Crippen molar-refractivity contribution in [1.82, 2.24) is 16.0 Å². The van der Waals surface area contributed by atoms with Gasteiger partial charge in [0.05, 0.1) is 6.61 Å². The molecule has 0 saturated heterocycles. The van der Waals surface area contributed by atoms with E-state index in [1.54, 1.807) is 0 Å². The molecule has 0 fully saturated rings. The van der Waals surface area contributed by atoms with E-state index in [9.17, 15) is 4.79 Å². The van der Waals surface area contributed by atoms with E-state index in [1.165, 1.54) is 10.8 Å². The number of carbonyl (C=O) groups is 1. The highest BCUT2D eigenvalue weighted by Crippen LogP contribution is 2.20. The van der Waals surface area contributed by atoms with Gasteiger partial charge in [-0.25, -0.2) is 0 Å². The highest BCUT2D eigenvalue weighted by atomic mass is 16.5. The maximum absolute atomic E-state index is 11.5. The van der Waals surface area contributed by atoms with Gasteiger partial charge in [0.2, 0.25) is 5.91 Å². The number of fused-ring (bicyclic) bond motifs is 1. The number of hydrogen-bond donors (Lipinski definition) is 3. The maximum atomic E-state index is 11.5. The Morgan fingerprint density at radius 2 is 1.79 bits per heavy atom. The van der Waals surface area contributed by atoms with E-state index in [2.05, 4.69) is 45.2 Å². The van der Waals surface area contributed by atoms with E-state index in [0.717, 1.165) is 24.7 Å². The van der Waals surface area contributed by atoms with Crippen molar-refractivity contribution in [3.05, 3.63) is 42.5 Å². The zero-order chi connectivity index (χ0) is 20.2. The highest BCUT2D eigenvalue weighted by Gasteiger charge is 2.05. The zero-order valence-electron chi connectivity index (χ0n) is 17.1. The fourth-order valence-corrected chi connectivity index (χ4v) is 2.62. The number of rotatable bonds is 10. The Labute approximate surface area is 167 Å².